The summed E-state index contributed by atoms with van der Waals surface area (Å²) in [6.45, 7) is 0. The molecule has 0 aliphatic heterocycles. The molecule has 0 unspecified atom stereocenters. The fourth-order valence-corrected chi connectivity index (χ4v) is 1.14. The molecule has 0 aliphatic rings. The van der Waals surface area contributed by atoms with Crippen LogP contribution in [0.2, 0.25) is 0 Å². The van der Waals surface area contributed by atoms with Crippen molar-refractivity contribution in [3.63, 3.8) is 0 Å². The zero-order chi connectivity index (χ0) is 9.52. The number of halogens is 1. The number of aromatic nitrogens is 1. The van der Waals surface area contributed by atoms with Gasteiger partial charge in [-0.2, -0.15) is 0 Å². The molecule has 0 amide bonds. The average Bonchev–Trinajstić information content (AvgIpc) is 2.13. The molecule has 2 nitrogen and oxygen atoms in total. The van der Waals surface area contributed by atoms with E-state index in [1.54, 1.807) is 12.2 Å². The molecule has 0 radical (unpaired) electrons. The van der Waals surface area contributed by atoms with Gasteiger partial charge in [0.1, 0.15) is 10.9 Å². The Bertz CT molecular complexity index is 345. The minimum Gasteiger partial charge on any atom is -0.299 e. The number of pyridine rings is 1. The molecule has 0 fully saturated rings. The Labute approximate surface area is 85.1 Å². The zero-order valence-electron chi connectivity index (χ0n) is 6.85. The number of hydrogen-bond acceptors (Lipinski definition) is 2. The summed E-state index contributed by atoms with van der Waals surface area (Å²) in [4.78, 5) is 14.1. The summed E-state index contributed by atoms with van der Waals surface area (Å²) in [5.41, 5.74) is 0.852. The Hall–Kier alpha value is -1.22. The topological polar surface area (TPSA) is 30.0 Å². The molecule has 1 rings (SSSR count). The number of carbonyl (C=O) groups excluding carboxylic acids is 1. The minimum absolute atomic E-state index is 0.735. The van der Waals surface area contributed by atoms with Gasteiger partial charge in [0.2, 0.25) is 0 Å². The van der Waals surface area contributed by atoms with Crippen LogP contribution in [0.15, 0.2) is 41.0 Å². The first-order chi connectivity index (χ1) is 6.33. The second-order valence-electron chi connectivity index (χ2n) is 2.27. The highest BCUT2D eigenvalue weighted by molar-refractivity contribution is 9.10. The first-order valence-corrected chi connectivity index (χ1v) is 4.53. The van der Waals surface area contributed by atoms with Crippen molar-refractivity contribution in [3.8, 4) is 0 Å². The second-order valence-corrected chi connectivity index (χ2v) is 3.08. The van der Waals surface area contributed by atoms with Crippen molar-refractivity contribution >= 4 is 28.3 Å². The molecule has 0 saturated carbocycles. The van der Waals surface area contributed by atoms with Crippen LogP contribution in [0.5, 0.6) is 0 Å². The first-order valence-electron chi connectivity index (χ1n) is 3.74. The fourth-order valence-electron chi connectivity index (χ4n) is 0.780. The van der Waals surface area contributed by atoms with E-state index in [-0.39, 0.29) is 0 Å². The van der Waals surface area contributed by atoms with E-state index in [4.69, 9.17) is 0 Å². The number of aldehydes is 1. The summed E-state index contributed by atoms with van der Waals surface area (Å²) < 4.78 is 0.800. The monoisotopic (exact) mass is 237 g/mol. The SMILES string of the molecule is O=CC=CC=Cc1cccc(Br)n1. The molecule has 1 aromatic rings. The molecule has 0 spiro atoms. The molecule has 1 aromatic heterocycles. The van der Waals surface area contributed by atoms with Gasteiger partial charge < -0.3 is 0 Å². The van der Waals surface area contributed by atoms with Gasteiger partial charge in [0.15, 0.2) is 0 Å². The van der Waals surface area contributed by atoms with E-state index in [1.807, 2.05) is 24.3 Å². The molecular formula is C10H8BrNO. The van der Waals surface area contributed by atoms with Gasteiger partial charge in [-0.3, -0.25) is 4.79 Å². The molecule has 0 aromatic carbocycles. The highest BCUT2D eigenvalue weighted by Crippen LogP contribution is 2.07. The average molecular weight is 238 g/mol. The predicted molar refractivity (Wildman–Crippen MR) is 56.2 cm³/mol. The molecular weight excluding hydrogens is 230 g/mol. The van der Waals surface area contributed by atoms with Gasteiger partial charge in [-0.05, 0) is 40.2 Å². The van der Waals surface area contributed by atoms with E-state index in [0.717, 1.165) is 16.6 Å². The Kier molecular flexibility index (Phi) is 4.12. The molecule has 66 valence electrons. The molecule has 0 aliphatic carbocycles. The van der Waals surface area contributed by atoms with Crippen LogP contribution >= 0.6 is 15.9 Å². The second kappa shape index (κ2) is 5.43. The van der Waals surface area contributed by atoms with E-state index in [0.29, 0.717) is 0 Å². The summed E-state index contributed by atoms with van der Waals surface area (Å²) in [6.07, 6.45) is 7.41. The van der Waals surface area contributed by atoms with Gasteiger partial charge in [0.05, 0.1) is 5.69 Å². The van der Waals surface area contributed by atoms with Gasteiger partial charge in [-0.15, -0.1) is 0 Å². The molecule has 0 N–H and O–H groups in total. The van der Waals surface area contributed by atoms with Gasteiger partial charge in [-0.1, -0.05) is 18.2 Å². The summed E-state index contributed by atoms with van der Waals surface area (Å²) in [6, 6.07) is 5.65. The maximum atomic E-state index is 9.93. The smallest absolute Gasteiger partial charge is 0.142 e. The lowest BCUT2D eigenvalue weighted by Gasteiger charge is -1.91. The molecule has 0 bridgehead atoms. The van der Waals surface area contributed by atoms with E-state index in [9.17, 15) is 4.79 Å². The van der Waals surface area contributed by atoms with Crippen molar-refractivity contribution < 1.29 is 4.79 Å². The van der Waals surface area contributed by atoms with Crippen LogP contribution in [0.3, 0.4) is 0 Å². The number of allylic oxidation sites excluding steroid dienone is 3. The van der Waals surface area contributed by atoms with Crippen molar-refractivity contribution in [1.82, 2.24) is 4.98 Å². The van der Waals surface area contributed by atoms with Crippen LogP contribution in [0.1, 0.15) is 5.69 Å². The minimum atomic E-state index is 0.735. The lowest BCUT2D eigenvalue weighted by molar-refractivity contribution is -0.104. The number of hydrogen-bond donors (Lipinski definition) is 0. The standard InChI is InChI=1S/C10H8BrNO/c11-10-7-4-6-9(12-10)5-2-1-3-8-13/h1-8H. The first kappa shape index (κ1) is 9.86. The summed E-state index contributed by atoms with van der Waals surface area (Å²) in [5.74, 6) is 0. The van der Waals surface area contributed by atoms with Crippen LogP contribution < -0.4 is 0 Å². The van der Waals surface area contributed by atoms with Gasteiger partial charge >= 0.3 is 0 Å². The Balaban J connectivity index is 2.68. The van der Waals surface area contributed by atoms with Crippen molar-refractivity contribution in [2.45, 2.75) is 0 Å². The van der Waals surface area contributed by atoms with Crippen LogP contribution in [-0.2, 0) is 4.79 Å². The highest BCUT2D eigenvalue weighted by atomic mass is 79.9. The van der Waals surface area contributed by atoms with Crippen molar-refractivity contribution in [1.29, 1.82) is 0 Å². The largest absolute Gasteiger partial charge is 0.299 e. The van der Waals surface area contributed by atoms with Crippen molar-refractivity contribution in [2.24, 2.45) is 0 Å². The third-order valence-electron chi connectivity index (χ3n) is 1.30. The summed E-state index contributed by atoms with van der Waals surface area (Å²) in [7, 11) is 0. The van der Waals surface area contributed by atoms with Crippen molar-refractivity contribution in [3.05, 3.63) is 46.7 Å². The van der Waals surface area contributed by atoms with Gasteiger partial charge in [0.25, 0.3) is 0 Å². The Morgan fingerprint density at radius 2 is 2.08 bits per heavy atom. The summed E-state index contributed by atoms with van der Waals surface area (Å²) >= 11 is 3.27. The molecule has 0 atom stereocenters. The van der Waals surface area contributed by atoms with Crippen molar-refractivity contribution in [2.75, 3.05) is 0 Å². The normalized spacial score (nSPS) is 11.2. The quantitative estimate of drug-likeness (QED) is 0.350. The number of nitrogens with zero attached hydrogens (tertiary/aromatic N) is 1. The molecule has 0 saturated heterocycles. The maximum Gasteiger partial charge on any atom is 0.142 e. The lowest BCUT2D eigenvalue weighted by Crippen LogP contribution is -1.78. The van der Waals surface area contributed by atoms with Crippen LogP contribution in [0.4, 0.5) is 0 Å². The molecule has 3 heteroatoms. The van der Waals surface area contributed by atoms with Gasteiger partial charge in [-0.25, -0.2) is 4.98 Å². The van der Waals surface area contributed by atoms with Gasteiger partial charge in [0, 0.05) is 0 Å². The van der Waals surface area contributed by atoms with Crippen LogP contribution in [0, 0.1) is 0 Å². The summed E-state index contributed by atoms with van der Waals surface area (Å²) in [5, 5.41) is 0. The zero-order valence-corrected chi connectivity index (χ0v) is 8.44. The predicted octanol–water partition coefficient (Wildman–Crippen LogP) is 2.61. The fraction of sp³-hybridized carbons (Fsp3) is 0. The van der Waals surface area contributed by atoms with E-state index in [1.165, 1.54) is 6.08 Å². The van der Waals surface area contributed by atoms with E-state index >= 15 is 0 Å². The Morgan fingerprint density at radius 3 is 2.77 bits per heavy atom. The number of rotatable bonds is 3. The Morgan fingerprint density at radius 1 is 1.23 bits per heavy atom. The molecule has 1 heterocycles. The third kappa shape index (κ3) is 3.80. The van der Waals surface area contributed by atoms with Crippen LogP contribution in [0.25, 0.3) is 6.08 Å². The molecule has 13 heavy (non-hydrogen) atoms. The highest BCUT2D eigenvalue weighted by Gasteiger charge is 1.87. The third-order valence-corrected chi connectivity index (χ3v) is 1.75. The van der Waals surface area contributed by atoms with E-state index in [2.05, 4.69) is 20.9 Å². The van der Waals surface area contributed by atoms with Crippen LogP contribution in [-0.4, -0.2) is 11.3 Å². The van der Waals surface area contributed by atoms with E-state index < -0.39 is 0 Å². The maximum absolute atomic E-state index is 9.93. The lowest BCUT2D eigenvalue weighted by atomic mass is 10.3. The number of carbonyl (C=O) groups is 1.